The van der Waals surface area contributed by atoms with Crippen molar-refractivity contribution in [1.29, 1.82) is 0 Å². The predicted molar refractivity (Wildman–Crippen MR) is 63.7 cm³/mol. The van der Waals surface area contributed by atoms with Crippen LogP contribution in [0.15, 0.2) is 12.2 Å². The summed E-state index contributed by atoms with van der Waals surface area (Å²) >= 11 is 0. The maximum absolute atomic E-state index is 11.5. The summed E-state index contributed by atoms with van der Waals surface area (Å²) in [6.07, 6.45) is 5.64. The maximum atomic E-state index is 11.5. The average Bonchev–Trinajstić information content (AvgIpc) is 2.24. The third-order valence-corrected chi connectivity index (χ3v) is 2.68. The van der Waals surface area contributed by atoms with Crippen LogP contribution in [0.3, 0.4) is 0 Å². The zero-order valence-electron chi connectivity index (χ0n) is 10.3. The van der Waals surface area contributed by atoms with Gasteiger partial charge in [-0.25, -0.2) is 4.79 Å². The Bertz CT molecular complexity index is 197. The van der Waals surface area contributed by atoms with Gasteiger partial charge in [-0.2, -0.15) is 0 Å². The molecule has 0 radical (unpaired) electrons. The fraction of sp³-hybridized carbons (Fsp3) is 0.769. The van der Waals surface area contributed by atoms with E-state index in [4.69, 9.17) is 4.74 Å². The first kappa shape index (κ1) is 14.2. The topological polar surface area (TPSA) is 26.3 Å². The second kappa shape index (κ2) is 8.51. The Hall–Kier alpha value is -0.790. The molecule has 0 amide bonds. The van der Waals surface area contributed by atoms with Crippen LogP contribution in [0.5, 0.6) is 0 Å². The summed E-state index contributed by atoms with van der Waals surface area (Å²) in [6, 6.07) is 0. The summed E-state index contributed by atoms with van der Waals surface area (Å²) in [5, 5.41) is 0. The summed E-state index contributed by atoms with van der Waals surface area (Å²) < 4.78 is 4.95. The van der Waals surface area contributed by atoms with E-state index in [9.17, 15) is 4.79 Å². The summed E-state index contributed by atoms with van der Waals surface area (Å²) in [4.78, 5) is 11.5. The van der Waals surface area contributed by atoms with Crippen molar-refractivity contribution < 1.29 is 9.53 Å². The molecule has 0 fully saturated rings. The van der Waals surface area contributed by atoms with E-state index in [1.54, 1.807) is 0 Å². The first-order chi connectivity index (χ1) is 7.17. The normalized spacial score (nSPS) is 12.2. The molecule has 0 bridgehead atoms. The summed E-state index contributed by atoms with van der Waals surface area (Å²) in [6.45, 7) is 10.4. The Morgan fingerprint density at radius 3 is 2.40 bits per heavy atom. The van der Waals surface area contributed by atoms with E-state index in [0.29, 0.717) is 18.1 Å². The van der Waals surface area contributed by atoms with Gasteiger partial charge in [0.2, 0.25) is 0 Å². The second-order valence-electron chi connectivity index (χ2n) is 3.85. The highest BCUT2D eigenvalue weighted by Gasteiger charge is 2.17. The SMILES string of the molecule is C=C(C(=O)OCC)C(CC)CCCCC. The molecule has 0 heterocycles. The Balaban J connectivity index is 4.03. The quantitative estimate of drug-likeness (QED) is 0.348. The van der Waals surface area contributed by atoms with Gasteiger partial charge in [0.1, 0.15) is 0 Å². The van der Waals surface area contributed by atoms with Gasteiger partial charge in [0, 0.05) is 5.57 Å². The average molecular weight is 212 g/mol. The first-order valence-corrected chi connectivity index (χ1v) is 6.03. The van der Waals surface area contributed by atoms with Crippen LogP contribution >= 0.6 is 0 Å². The highest BCUT2D eigenvalue weighted by molar-refractivity contribution is 5.88. The summed E-state index contributed by atoms with van der Waals surface area (Å²) in [7, 11) is 0. The van der Waals surface area contributed by atoms with Gasteiger partial charge in [-0.15, -0.1) is 0 Å². The highest BCUT2D eigenvalue weighted by Crippen LogP contribution is 2.21. The number of rotatable bonds is 8. The van der Waals surface area contributed by atoms with Gasteiger partial charge in [0.05, 0.1) is 6.61 Å². The summed E-state index contributed by atoms with van der Waals surface area (Å²) in [5.41, 5.74) is 0.649. The Kier molecular flexibility index (Phi) is 8.06. The third kappa shape index (κ3) is 5.60. The number of unbranched alkanes of at least 4 members (excludes halogenated alkanes) is 2. The molecule has 15 heavy (non-hydrogen) atoms. The fourth-order valence-corrected chi connectivity index (χ4v) is 1.66. The van der Waals surface area contributed by atoms with Crippen molar-refractivity contribution in [2.45, 2.75) is 52.9 Å². The molecule has 0 saturated heterocycles. The molecule has 0 aliphatic carbocycles. The highest BCUT2D eigenvalue weighted by atomic mass is 16.5. The monoisotopic (exact) mass is 212 g/mol. The van der Waals surface area contributed by atoms with Gasteiger partial charge in [0.25, 0.3) is 0 Å². The van der Waals surface area contributed by atoms with Gasteiger partial charge >= 0.3 is 5.97 Å². The lowest BCUT2D eigenvalue weighted by molar-refractivity contribution is -0.139. The molecule has 2 nitrogen and oxygen atoms in total. The molecule has 0 spiro atoms. The molecule has 88 valence electrons. The zero-order valence-corrected chi connectivity index (χ0v) is 10.3. The van der Waals surface area contributed by atoms with Gasteiger partial charge in [-0.3, -0.25) is 0 Å². The number of hydrogen-bond acceptors (Lipinski definition) is 2. The van der Waals surface area contributed by atoms with Crippen LogP contribution in [0, 0.1) is 5.92 Å². The van der Waals surface area contributed by atoms with Gasteiger partial charge in [0.15, 0.2) is 0 Å². The minimum absolute atomic E-state index is 0.221. The van der Waals surface area contributed by atoms with E-state index in [1.165, 1.54) is 19.3 Å². The van der Waals surface area contributed by atoms with Crippen LogP contribution < -0.4 is 0 Å². The van der Waals surface area contributed by atoms with E-state index < -0.39 is 0 Å². The molecule has 0 aromatic heterocycles. The lowest BCUT2D eigenvalue weighted by Crippen LogP contribution is -2.14. The molecule has 1 atom stereocenters. The number of carbonyl (C=O) groups excluding carboxylic acids is 1. The number of carbonyl (C=O) groups is 1. The predicted octanol–water partition coefficient (Wildman–Crippen LogP) is 3.71. The third-order valence-electron chi connectivity index (χ3n) is 2.68. The minimum Gasteiger partial charge on any atom is -0.463 e. The molecule has 0 aromatic rings. The molecular weight excluding hydrogens is 188 g/mol. The molecular formula is C13H24O2. The van der Waals surface area contributed by atoms with Gasteiger partial charge < -0.3 is 4.74 Å². The standard InChI is InChI=1S/C13H24O2/c1-5-8-9-10-12(6-2)11(4)13(14)15-7-3/h12H,4-10H2,1-3H3. The number of hydrogen-bond donors (Lipinski definition) is 0. The second-order valence-corrected chi connectivity index (χ2v) is 3.85. The molecule has 0 N–H and O–H groups in total. The van der Waals surface area contributed by atoms with E-state index in [-0.39, 0.29) is 5.97 Å². The van der Waals surface area contributed by atoms with Crippen molar-refractivity contribution in [1.82, 2.24) is 0 Å². The first-order valence-electron chi connectivity index (χ1n) is 6.03. The van der Waals surface area contributed by atoms with E-state index >= 15 is 0 Å². The Morgan fingerprint density at radius 1 is 1.27 bits per heavy atom. The molecule has 0 saturated carbocycles. The van der Waals surface area contributed by atoms with E-state index in [2.05, 4.69) is 20.4 Å². The number of ether oxygens (including phenoxy) is 1. The van der Waals surface area contributed by atoms with Crippen LogP contribution in [0.4, 0.5) is 0 Å². The molecule has 1 unspecified atom stereocenters. The van der Waals surface area contributed by atoms with Crippen LogP contribution in [0.25, 0.3) is 0 Å². The van der Waals surface area contributed by atoms with Crippen molar-refractivity contribution in [3.05, 3.63) is 12.2 Å². The van der Waals surface area contributed by atoms with Crippen LogP contribution in [0.2, 0.25) is 0 Å². The van der Waals surface area contributed by atoms with Crippen molar-refractivity contribution in [2.75, 3.05) is 6.61 Å². The number of esters is 1. The lowest BCUT2D eigenvalue weighted by Gasteiger charge is -2.16. The molecule has 2 heteroatoms. The Morgan fingerprint density at radius 2 is 1.93 bits per heavy atom. The van der Waals surface area contributed by atoms with Crippen LogP contribution in [0.1, 0.15) is 52.9 Å². The summed E-state index contributed by atoms with van der Waals surface area (Å²) in [5.74, 6) is 0.0800. The maximum Gasteiger partial charge on any atom is 0.333 e. The molecule has 0 aliphatic heterocycles. The van der Waals surface area contributed by atoms with Crippen LogP contribution in [-0.2, 0) is 9.53 Å². The lowest BCUT2D eigenvalue weighted by atomic mass is 9.92. The Labute approximate surface area is 93.7 Å². The van der Waals surface area contributed by atoms with E-state index in [1.807, 2.05) is 6.92 Å². The largest absolute Gasteiger partial charge is 0.463 e. The van der Waals surface area contributed by atoms with E-state index in [0.717, 1.165) is 12.8 Å². The smallest absolute Gasteiger partial charge is 0.333 e. The van der Waals surface area contributed by atoms with Crippen molar-refractivity contribution in [2.24, 2.45) is 5.92 Å². The van der Waals surface area contributed by atoms with Crippen molar-refractivity contribution in [3.63, 3.8) is 0 Å². The molecule has 0 aromatic carbocycles. The fourth-order valence-electron chi connectivity index (χ4n) is 1.66. The molecule has 0 rings (SSSR count). The van der Waals surface area contributed by atoms with Crippen molar-refractivity contribution in [3.8, 4) is 0 Å². The van der Waals surface area contributed by atoms with Gasteiger partial charge in [-0.05, 0) is 25.7 Å². The van der Waals surface area contributed by atoms with Gasteiger partial charge in [-0.1, -0.05) is 39.7 Å². The van der Waals surface area contributed by atoms with Crippen molar-refractivity contribution >= 4 is 5.97 Å². The minimum atomic E-state index is -0.221. The van der Waals surface area contributed by atoms with Crippen LogP contribution in [-0.4, -0.2) is 12.6 Å². The zero-order chi connectivity index (χ0) is 11.7. The molecule has 0 aliphatic rings.